The molecule has 0 aliphatic carbocycles. The molecule has 2 aliphatic rings. The fraction of sp³-hybridized carbons (Fsp3) is 0.517. The monoisotopic (exact) mass is 631 g/mol. The highest BCUT2D eigenvalue weighted by molar-refractivity contribution is 6.31. The van der Waals surface area contributed by atoms with Crippen LogP contribution in [0.2, 0.25) is 5.02 Å². The van der Waals surface area contributed by atoms with Gasteiger partial charge in [0, 0.05) is 56.5 Å². The first kappa shape index (κ1) is 32.9. The molecule has 0 aromatic heterocycles. The van der Waals surface area contributed by atoms with Gasteiger partial charge in [0.25, 0.3) is 5.91 Å². The summed E-state index contributed by atoms with van der Waals surface area (Å²) < 4.78 is 67.7. The molecule has 2 amide bonds. The normalized spacial score (nSPS) is 17.2. The largest absolute Gasteiger partial charge is 0.396 e. The van der Waals surface area contributed by atoms with Gasteiger partial charge in [-0.25, -0.2) is 8.78 Å². The van der Waals surface area contributed by atoms with Crippen molar-refractivity contribution in [2.45, 2.75) is 32.0 Å². The van der Waals surface area contributed by atoms with Crippen LogP contribution in [0.25, 0.3) is 0 Å². The van der Waals surface area contributed by atoms with Crippen molar-refractivity contribution in [3.8, 4) is 0 Å². The molecule has 2 aliphatic heterocycles. The van der Waals surface area contributed by atoms with Crippen LogP contribution >= 0.6 is 11.6 Å². The highest BCUT2D eigenvalue weighted by Gasteiger charge is 2.29. The zero-order valence-electron chi connectivity index (χ0n) is 23.5. The Morgan fingerprint density at radius 1 is 0.953 bits per heavy atom. The van der Waals surface area contributed by atoms with Crippen LogP contribution in [0.3, 0.4) is 0 Å². The molecule has 0 atom stereocenters. The summed E-state index contributed by atoms with van der Waals surface area (Å²) in [5.41, 5.74) is 0.156. The maximum absolute atomic E-state index is 15.0. The summed E-state index contributed by atoms with van der Waals surface area (Å²) in [6, 6.07) is 7.03. The molecule has 0 bridgehead atoms. The van der Waals surface area contributed by atoms with Crippen molar-refractivity contribution < 1.29 is 36.6 Å². The number of rotatable bonds is 10. The average Bonchev–Trinajstić information content (AvgIpc) is 2.98. The van der Waals surface area contributed by atoms with E-state index in [1.54, 1.807) is 11.0 Å². The van der Waals surface area contributed by atoms with Gasteiger partial charge in [-0.05, 0) is 56.1 Å². The van der Waals surface area contributed by atoms with Crippen molar-refractivity contribution in [2.24, 2.45) is 5.92 Å². The van der Waals surface area contributed by atoms with Crippen molar-refractivity contribution in [1.82, 2.24) is 15.1 Å². The molecule has 14 heteroatoms. The van der Waals surface area contributed by atoms with Gasteiger partial charge in [0.15, 0.2) is 11.6 Å². The first-order valence-electron chi connectivity index (χ1n) is 14.1. The van der Waals surface area contributed by atoms with E-state index >= 15 is 4.39 Å². The molecule has 0 spiro atoms. The van der Waals surface area contributed by atoms with E-state index in [2.05, 4.69) is 10.6 Å². The van der Waals surface area contributed by atoms with Gasteiger partial charge >= 0.3 is 6.18 Å². The van der Waals surface area contributed by atoms with Crippen LogP contribution in [0.15, 0.2) is 30.3 Å². The van der Waals surface area contributed by atoms with Gasteiger partial charge < -0.3 is 20.6 Å². The Morgan fingerprint density at radius 2 is 1.65 bits per heavy atom. The smallest absolute Gasteiger partial charge is 0.390 e. The molecular weight excluding hydrogens is 597 g/mol. The maximum atomic E-state index is 15.0. The van der Waals surface area contributed by atoms with Gasteiger partial charge in [0.2, 0.25) is 5.91 Å². The van der Waals surface area contributed by atoms with Crippen LogP contribution in [0.4, 0.5) is 33.3 Å². The molecule has 2 heterocycles. The van der Waals surface area contributed by atoms with Gasteiger partial charge in [-0.3, -0.25) is 19.4 Å². The Bertz CT molecular complexity index is 1280. The number of piperidine rings is 1. The van der Waals surface area contributed by atoms with Gasteiger partial charge in [0.1, 0.15) is 0 Å². The molecule has 2 aromatic carbocycles. The number of hydrogen-bond donors (Lipinski definition) is 3. The summed E-state index contributed by atoms with van der Waals surface area (Å²) in [7, 11) is 0. The minimum Gasteiger partial charge on any atom is -0.396 e. The third-order valence-electron chi connectivity index (χ3n) is 7.85. The number of piperazine rings is 1. The van der Waals surface area contributed by atoms with Crippen LogP contribution in [0.1, 0.15) is 35.2 Å². The molecule has 0 radical (unpaired) electrons. The second-order valence-corrected chi connectivity index (χ2v) is 11.3. The van der Waals surface area contributed by atoms with Gasteiger partial charge in [-0.1, -0.05) is 17.7 Å². The first-order valence-corrected chi connectivity index (χ1v) is 14.5. The van der Waals surface area contributed by atoms with Crippen LogP contribution in [-0.2, 0) is 11.3 Å². The Hall–Kier alpha value is -3.00. The Morgan fingerprint density at radius 3 is 2.30 bits per heavy atom. The van der Waals surface area contributed by atoms with Gasteiger partial charge in [-0.2, -0.15) is 13.2 Å². The van der Waals surface area contributed by atoms with E-state index < -0.39 is 35.7 Å². The number of amides is 2. The fourth-order valence-corrected chi connectivity index (χ4v) is 5.41. The number of nitrogens with zero attached hydrogens (tertiary/aromatic N) is 3. The fourth-order valence-electron chi connectivity index (χ4n) is 5.24. The number of alkyl halides is 3. The average molecular weight is 632 g/mol. The topological polar surface area (TPSA) is 88.2 Å². The number of hydrogen-bond acceptors (Lipinski definition) is 6. The highest BCUT2D eigenvalue weighted by atomic mass is 35.5. The van der Waals surface area contributed by atoms with E-state index in [9.17, 15) is 32.3 Å². The predicted octanol–water partition coefficient (Wildman–Crippen LogP) is 4.27. The summed E-state index contributed by atoms with van der Waals surface area (Å²) in [6.45, 7) is 2.70. The lowest BCUT2D eigenvalue weighted by Crippen LogP contribution is -2.47. The van der Waals surface area contributed by atoms with E-state index in [4.69, 9.17) is 11.6 Å². The third-order valence-corrected chi connectivity index (χ3v) is 8.08. The molecule has 43 heavy (non-hydrogen) atoms. The van der Waals surface area contributed by atoms with Crippen LogP contribution in [0.5, 0.6) is 0 Å². The lowest BCUT2D eigenvalue weighted by atomic mass is 9.98. The molecule has 2 aromatic rings. The molecule has 2 fully saturated rings. The van der Waals surface area contributed by atoms with Crippen LogP contribution in [0, 0.1) is 17.6 Å². The standard InChI is InChI=1S/C29H35ClF5N5O3/c30-21-2-4-23(24(15-21)40-13-11-38(12-14-40)10-7-29(33,34)35)37-28(43)22-3-1-20(26(31)27(22)32)16-36-25(42)17-39-8-5-19(18-41)6-9-39/h1-4,15,19,41H,5-14,16-18H2,(H,36,42)(H,37,43). The van der Waals surface area contributed by atoms with Crippen molar-refractivity contribution in [1.29, 1.82) is 0 Å². The number of likely N-dealkylation sites (tertiary alicyclic amines) is 1. The van der Waals surface area contributed by atoms with E-state index in [1.807, 2.05) is 9.80 Å². The summed E-state index contributed by atoms with van der Waals surface area (Å²) in [5.74, 6) is -3.62. The number of carbonyl (C=O) groups excluding carboxylic acids is 2. The molecule has 8 nitrogen and oxygen atoms in total. The molecule has 3 N–H and O–H groups in total. The number of carbonyl (C=O) groups is 2. The molecule has 4 rings (SSSR count). The lowest BCUT2D eigenvalue weighted by molar-refractivity contribution is -0.138. The van der Waals surface area contributed by atoms with Crippen molar-refractivity contribution >= 4 is 34.8 Å². The number of benzene rings is 2. The van der Waals surface area contributed by atoms with Crippen molar-refractivity contribution in [3.63, 3.8) is 0 Å². The SMILES string of the molecule is O=C(CN1CCC(CO)CC1)NCc1ccc(C(=O)Nc2ccc(Cl)cc2N2CCN(CCC(F)(F)F)CC2)c(F)c1F. The first-order chi connectivity index (χ1) is 20.4. The van der Waals surface area contributed by atoms with Gasteiger partial charge in [-0.15, -0.1) is 0 Å². The Balaban J connectivity index is 1.35. The predicted molar refractivity (Wildman–Crippen MR) is 153 cm³/mol. The minimum absolute atomic E-state index is 0.106. The van der Waals surface area contributed by atoms with Crippen LogP contribution < -0.4 is 15.5 Å². The molecule has 0 saturated carbocycles. The Kier molecular flexibility index (Phi) is 11.2. The molecule has 0 unspecified atom stereocenters. The number of anilines is 2. The zero-order valence-corrected chi connectivity index (χ0v) is 24.3. The number of halogens is 6. The summed E-state index contributed by atoms with van der Waals surface area (Å²) >= 11 is 6.17. The second-order valence-electron chi connectivity index (χ2n) is 10.9. The summed E-state index contributed by atoms with van der Waals surface area (Å²) in [6.07, 6.45) is -3.56. The van der Waals surface area contributed by atoms with Crippen molar-refractivity contribution in [3.05, 3.63) is 58.1 Å². The maximum Gasteiger partial charge on any atom is 0.390 e. The zero-order chi connectivity index (χ0) is 31.1. The molecule has 2 saturated heterocycles. The third kappa shape index (κ3) is 9.24. The van der Waals surface area contributed by atoms with E-state index in [-0.39, 0.29) is 49.3 Å². The molecule has 236 valence electrons. The summed E-state index contributed by atoms with van der Waals surface area (Å²) in [4.78, 5) is 30.9. The number of nitrogens with one attached hydrogen (secondary N) is 2. The lowest BCUT2D eigenvalue weighted by Gasteiger charge is -2.37. The summed E-state index contributed by atoms with van der Waals surface area (Å²) in [5, 5.41) is 14.8. The van der Waals surface area contributed by atoms with Crippen molar-refractivity contribution in [2.75, 3.05) is 69.2 Å². The van der Waals surface area contributed by atoms with Gasteiger partial charge in [0.05, 0.1) is 29.9 Å². The van der Waals surface area contributed by atoms with E-state index in [0.717, 1.165) is 18.9 Å². The number of aliphatic hydroxyl groups is 1. The molecular formula is C29H35ClF5N5O3. The Labute approximate surface area is 251 Å². The van der Waals surface area contributed by atoms with E-state index in [0.29, 0.717) is 50.0 Å². The van der Waals surface area contributed by atoms with E-state index in [1.165, 1.54) is 18.2 Å². The minimum atomic E-state index is -4.23. The number of aliphatic hydroxyl groups excluding tert-OH is 1. The quantitative estimate of drug-likeness (QED) is 0.340. The second kappa shape index (κ2) is 14.7. The van der Waals surface area contributed by atoms with Crippen LogP contribution in [-0.4, -0.2) is 91.9 Å². The highest BCUT2D eigenvalue weighted by Crippen LogP contribution is 2.31.